The van der Waals surface area contributed by atoms with Gasteiger partial charge in [-0.3, -0.25) is 0 Å². The zero-order valence-electron chi connectivity index (χ0n) is 16.2. The van der Waals surface area contributed by atoms with Gasteiger partial charge in [0.05, 0.1) is 26.7 Å². The molecule has 0 aliphatic heterocycles. The molecule has 0 radical (unpaired) electrons. The zero-order chi connectivity index (χ0) is 16.5. The third kappa shape index (κ3) is 17.3. The molecular weight excluding hydrogens is 370 g/mol. The SMILES string of the molecule is CCCCCCCC[N+](C)(CCCCCl)CCCCCCC.[Br-]. The number of halogens is 2. The van der Waals surface area contributed by atoms with Crippen molar-refractivity contribution >= 4 is 11.6 Å². The molecular formula is C20H43BrClN. The first-order chi connectivity index (χ1) is 10.7. The Morgan fingerprint density at radius 3 is 1.30 bits per heavy atom. The molecule has 0 N–H and O–H groups in total. The van der Waals surface area contributed by atoms with Crippen LogP contribution in [0.1, 0.15) is 97.3 Å². The van der Waals surface area contributed by atoms with Crippen molar-refractivity contribution < 1.29 is 21.5 Å². The first kappa shape index (κ1) is 26.0. The van der Waals surface area contributed by atoms with Gasteiger partial charge in [-0.1, -0.05) is 58.8 Å². The molecule has 0 rings (SSSR count). The highest BCUT2D eigenvalue weighted by molar-refractivity contribution is 6.17. The highest BCUT2D eigenvalue weighted by Gasteiger charge is 2.19. The van der Waals surface area contributed by atoms with Crippen LogP contribution in [0, 0.1) is 0 Å². The first-order valence-corrected chi connectivity index (χ1v) is 10.6. The van der Waals surface area contributed by atoms with Gasteiger partial charge in [0.15, 0.2) is 0 Å². The van der Waals surface area contributed by atoms with Crippen molar-refractivity contribution in [1.29, 1.82) is 0 Å². The van der Waals surface area contributed by atoms with E-state index in [9.17, 15) is 0 Å². The van der Waals surface area contributed by atoms with Crippen LogP contribution >= 0.6 is 11.6 Å². The van der Waals surface area contributed by atoms with E-state index in [2.05, 4.69) is 20.9 Å². The average molecular weight is 413 g/mol. The molecule has 3 heteroatoms. The van der Waals surface area contributed by atoms with Gasteiger partial charge in [0.25, 0.3) is 0 Å². The van der Waals surface area contributed by atoms with Crippen molar-refractivity contribution in [1.82, 2.24) is 0 Å². The zero-order valence-corrected chi connectivity index (χ0v) is 18.6. The predicted molar refractivity (Wildman–Crippen MR) is 103 cm³/mol. The quantitative estimate of drug-likeness (QED) is 0.194. The van der Waals surface area contributed by atoms with Crippen molar-refractivity contribution in [3.05, 3.63) is 0 Å². The molecule has 0 fully saturated rings. The summed E-state index contributed by atoms with van der Waals surface area (Å²) in [6.07, 6.45) is 18.0. The third-order valence-electron chi connectivity index (χ3n) is 4.93. The maximum absolute atomic E-state index is 5.86. The van der Waals surface area contributed by atoms with E-state index in [-0.39, 0.29) is 17.0 Å². The topological polar surface area (TPSA) is 0 Å². The molecule has 0 heterocycles. The molecule has 0 aromatic heterocycles. The minimum absolute atomic E-state index is 0. The molecule has 0 saturated heterocycles. The summed E-state index contributed by atoms with van der Waals surface area (Å²) in [6.45, 7) is 8.67. The Labute approximate surface area is 162 Å². The number of nitrogens with zero attached hydrogens (tertiary/aromatic N) is 1. The molecule has 0 spiro atoms. The maximum Gasteiger partial charge on any atom is 0.0784 e. The molecule has 0 aliphatic carbocycles. The Morgan fingerprint density at radius 2 is 0.913 bits per heavy atom. The van der Waals surface area contributed by atoms with Crippen LogP contribution in [0.15, 0.2) is 0 Å². The van der Waals surface area contributed by atoms with Crippen LogP contribution in [0.2, 0.25) is 0 Å². The fraction of sp³-hybridized carbons (Fsp3) is 1.00. The minimum Gasteiger partial charge on any atom is -1.00 e. The lowest BCUT2D eigenvalue weighted by molar-refractivity contribution is -0.910. The lowest BCUT2D eigenvalue weighted by Crippen LogP contribution is -3.00. The second-order valence-electron chi connectivity index (χ2n) is 7.37. The van der Waals surface area contributed by atoms with Gasteiger partial charge < -0.3 is 21.5 Å². The fourth-order valence-corrected chi connectivity index (χ4v) is 3.48. The van der Waals surface area contributed by atoms with Crippen molar-refractivity contribution in [2.45, 2.75) is 97.3 Å². The third-order valence-corrected chi connectivity index (χ3v) is 5.20. The van der Waals surface area contributed by atoms with Crippen molar-refractivity contribution in [3.8, 4) is 0 Å². The van der Waals surface area contributed by atoms with Gasteiger partial charge in [0.2, 0.25) is 0 Å². The highest BCUT2D eigenvalue weighted by atomic mass is 79.9. The Bertz CT molecular complexity index is 226. The summed E-state index contributed by atoms with van der Waals surface area (Å²) in [5, 5.41) is 0. The van der Waals surface area contributed by atoms with Crippen LogP contribution in [-0.2, 0) is 0 Å². The van der Waals surface area contributed by atoms with Crippen LogP contribution in [0.5, 0.6) is 0 Å². The van der Waals surface area contributed by atoms with E-state index < -0.39 is 0 Å². The van der Waals surface area contributed by atoms with Gasteiger partial charge in [-0.25, -0.2) is 0 Å². The summed E-state index contributed by atoms with van der Waals surface area (Å²) in [5.74, 6) is 0.827. The van der Waals surface area contributed by atoms with Gasteiger partial charge in [-0.15, -0.1) is 11.6 Å². The normalized spacial score (nSPS) is 13.6. The van der Waals surface area contributed by atoms with Crippen molar-refractivity contribution in [3.63, 3.8) is 0 Å². The van der Waals surface area contributed by atoms with Gasteiger partial charge in [-0.05, 0) is 38.5 Å². The van der Waals surface area contributed by atoms with E-state index >= 15 is 0 Å². The lowest BCUT2D eigenvalue weighted by Gasteiger charge is -2.35. The molecule has 1 nitrogen and oxygen atoms in total. The molecule has 0 aromatic rings. The van der Waals surface area contributed by atoms with Gasteiger partial charge in [-0.2, -0.15) is 0 Å². The Morgan fingerprint density at radius 1 is 0.565 bits per heavy atom. The standard InChI is InChI=1S/C20H43ClN.BrH/c1-4-6-8-10-12-15-19-22(3,20-16-13-17-21)18-14-11-9-7-5-2;/h4-20H2,1-3H3;1H/q+1;/p-1. The van der Waals surface area contributed by atoms with E-state index in [0.29, 0.717) is 0 Å². The number of unbranched alkanes of at least 4 members (excludes halogenated alkanes) is 10. The average Bonchev–Trinajstić information content (AvgIpc) is 2.51. The van der Waals surface area contributed by atoms with Crippen LogP contribution in [0.4, 0.5) is 0 Å². The molecule has 0 aliphatic rings. The largest absolute Gasteiger partial charge is 1.00 e. The van der Waals surface area contributed by atoms with Gasteiger partial charge >= 0.3 is 0 Å². The van der Waals surface area contributed by atoms with Crippen LogP contribution in [-0.4, -0.2) is 37.0 Å². The summed E-state index contributed by atoms with van der Waals surface area (Å²) in [6, 6.07) is 0. The predicted octanol–water partition coefficient (Wildman–Crippen LogP) is 3.79. The van der Waals surface area contributed by atoms with E-state index in [1.807, 2.05) is 0 Å². The molecule has 1 atom stereocenters. The van der Waals surface area contributed by atoms with Gasteiger partial charge in [0, 0.05) is 5.88 Å². The second kappa shape index (κ2) is 19.1. The number of alkyl halides is 1. The Balaban J connectivity index is 0. The smallest absolute Gasteiger partial charge is 0.0784 e. The summed E-state index contributed by atoms with van der Waals surface area (Å²) in [7, 11) is 2.49. The van der Waals surface area contributed by atoms with E-state index in [0.717, 1.165) is 5.88 Å². The van der Waals surface area contributed by atoms with Crippen LogP contribution in [0.25, 0.3) is 0 Å². The first-order valence-electron chi connectivity index (χ1n) is 10.1. The second-order valence-corrected chi connectivity index (χ2v) is 7.75. The van der Waals surface area contributed by atoms with Crippen LogP contribution < -0.4 is 17.0 Å². The van der Waals surface area contributed by atoms with Crippen molar-refractivity contribution in [2.24, 2.45) is 0 Å². The Kier molecular flexibility index (Phi) is 21.5. The summed E-state index contributed by atoms with van der Waals surface area (Å²) in [5.41, 5.74) is 0. The summed E-state index contributed by atoms with van der Waals surface area (Å²) < 4.78 is 1.29. The number of quaternary nitrogens is 1. The molecule has 142 valence electrons. The molecule has 0 amide bonds. The molecule has 0 saturated carbocycles. The molecule has 0 aromatic carbocycles. The van der Waals surface area contributed by atoms with Crippen molar-refractivity contribution in [2.75, 3.05) is 32.6 Å². The van der Waals surface area contributed by atoms with Crippen LogP contribution in [0.3, 0.4) is 0 Å². The summed E-state index contributed by atoms with van der Waals surface area (Å²) in [4.78, 5) is 0. The monoisotopic (exact) mass is 411 g/mol. The number of hydrogen-bond acceptors (Lipinski definition) is 0. The summed E-state index contributed by atoms with van der Waals surface area (Å²) >= 11 is 5.86. The highest BCUT2D eigenvalue weighted by Crippen LogP contribution is 2.14. The van der Waals surface area contributed by atoms with E-state index in [1.54, 1.807) is 0 Å². The fourth-order valence-electron chi connectivity index (χ4n) is 3.29. The number of rotatable bonds is 17. The van der Waals surface area contributed by atoms with E-state index in [1.165, 1.54) is 108 Å². The van der Waals surface area contributed by atoms with Gasteiger partial charge in [0.1, 0.15) is 0 Å². The molecule has 23 heavy (non-hydrogen) atoms. The van der Waals surface area contributed by atoms with E-state index in [4.69, 9.17) is 11.6 Å². The molecule has 0 bridgehead atoms. The lowest BCUT2D eigenvalue weighted by atomic mass is 10.1. The Hall–Kier alpha value is 0.730. The number of hydrogen-bond donors (Lipinski definition) is 0. The minimum atomic E-state index is 0. The maximum atomic E-state index is 5.86. The molecule has 1 unspecified atom stereocenters.